The van der Waals surface area contributed by atoms with Gasteiger partial charge in [-0.15, -0.1) is 6.58 Å². The van der Waals surface area contributed by atoms with Crippen LogP contribution in [0.15, 0.2) is 66.2 Å². The van der Waals surface area contributed by atoms with Crippen molar-refractivity contribution in [2.24, 2.45) is 4.99 Å². The maximum Gasteiger partial charge on any atom is 0.266 e. The number of aliphatic hydroxyl groups excluding tert-OH is 1. The van der Waals surface area contributed by atoms with Gasteiger partial charge in [-0.2, -0.15) is 0 Å². The first kappa shape index (κ1) is 23.5. The second-order valence-electron chi connectivity index (χ2n) is 7.84. The molecule has 0 aliphatic carbocycles. The Bertz CT molecular complexity index is 958. The Labute approximate surface area is 189 Å². The smallest absolute Gasteiger partial charge is 0.266 e. The van der Waals surface area contributed by atoms with Crippen LogP contribution in [0.2, 0.25) is 0 Å². The highest BCUT2D eigenvalue weighted by Gasteiger charge is 2.49. The van der Waals surface area contributed by atoms with Crippen molar-refractivity contribution >= 4 is 11.8 Å². The van der Waals surface area contributed by atoms with Crippen LogP contribution >= 0.6 is 0 Å². The van der Waals surface area contributed by atoms with Crippen molar-refractivity contribution in [1.82, 2.24) is 10.9 Å². The molecule has 0 saturated heterocycles. The summed E-state index contributed by atoms with van der Waals surface area (Å²) in [4.78, 5) is 17.9. The Morgan fingerprint density at radius 2 is 2.09 bits per heavy atom. The van der Waals surface area contributed by atoms with E-state index in [0.717, 1.165) is 16.7 Å². The number of carbonyl (C=O) groups excluding carboxylic acids is 1. The molecule has 0 aromatic heterocycles. The number of aliphatic imine (C=N–C) groups is 1. The molecule has 0 fully saturated rings. The van der Waals surface area contributed by atoms with E-state index < -0.39 is 11.6 Å². The SMILES string of the molecule is C=CC[C@]1(C(=O)NNCc2cccc(C)c2)N=C(c2ccc(OCCCO)cc2)O[C@H]1C. The maximum absolute atomic E-state index is 13.2. The molecule has 3 N–H and O–H groups in total. The van der Waals surface area contributed by atoms with E-state index >= 15 is 0 Å². The molecule has 1 heterocycles. The highest BCUT2D eigenvalue weighted by molar-refractivity contribution is 6.00. The first-order valence-corrected chi connectivity index (χ1v) is 10.8. The van der Waals surface area contributed by atoms with Crippen molar-refractivity contribution in [2.45, 2.75) is 44.9 Å². The molecule has 1 amide bonds. The predicted octanol–water partition coefficient (Wildman–Crippen LogP) is 3.06. The van der Waals surface area contributed by atoms with Crippen molar-refractivity contribution in [1.29, 1.82) is 0 Å². The zero-order valence-electron chi connectivity index (χ0n) is 18.6. The Kier molecular flexibility index (Phi) is 8.03. The van der Waals surface area contributed by atoms with Crippen LogP contribution in [-0.2, 0) is 16.1 Å². The number of hydrogen-bond donors (Lipinski definition) is 3. The molecule has 32 heavy (non-hydrogen) atoms. The van der Waals surface area contributed by atoms with Gasteiger partial charge in [-0.05, 0) is 43.7 Å². The highest BCUT2D eigenvalue weighted by atomic mass is 16.5. The van der Waals surface area contributed by atoms with Crippen molar-refractivity contribution in [3.8, 4) is 5.75 Å². The lowest BCUT2D eigenvalue weighted by Gasteiger charge is -2.26. The average molecular weight is 438 g/mol. The molecule has 0 spiro atoms. The normalized spacial score (nSPS) is 19.7. The molecule has 1 aliphatic rings. The van der Waals surface area contributed by atoms with Gasteiger partial charge in [0.1, 0.15) is 11.9 Å². The summed E-state index contributed by atoms with van der Waals surface area (Å²) in [6.07, 6.45) is 2.14. The lowest BCUT2D eigenvalue weighted by molar-refractivity contribution is -0.129. The first-order chi connectivity index (χ1) is 15.5. The number of hydrazine groups is 1. The number of aryl methyl sites for hydroxylation is 1. The third-order valence-corrected chi connectivity index (χ3v) is 5.36. The fourth-order valence-corrected chi connectivity index (χ4v) is 3.56. The molecular weight excluding hydrogens is 406 g/mol. The number of amides is 1. The Hall–Kier alpha value is -3.16. The van der Waals surface area contributed by atoms with Gasteiger partial charge in [-0.1, -0.05) is 35.9 Å². The van der Waals surface area contributed by atoms with Gasteiger partial charge in [-0.3, -0.25) is 10.2 Å². The molecule has 7 heteroatoms. The summed E-state index contributed by atoms with van der Waals surface area (Å²) in [6, 6.07) is 15.4. The van der Waals surface area contributed by atoms with Crippen LogP contribution in [0.3, 0.4) is 0 Å². The minimum atomic E-state index is -1.10. The monoisotopic (exact) mass is 437 g/mol. The summed E-state index contributed by atoms with van der Waals surface area (Å²) < 4.78 is 11.6. The van der Waals surface area contributed by atoms with Crippen LogP contribution in [0.5, 0.6) is 5.75 Å². The molecule has 170 valence electrons. The van der Waals surface area contributed by atoms with Gasteiger partial charge in [-0.25, -0.2) is 10.4 Å². The van der Waals surface area contributed by atoms with E-state index in [1.807, 2.05) is 56.3 Å². The van der Waals surface area contributed by atoms with Crippen LogP contribution < -0.4 is 15.6 Å². The van der Waals surface area contributed by atoms with Crippen molar-refractivity contribution in [2.75, 3.05) is 13.2 Å². The first-order valence-electron chi connectivity index (χ1n) is 10.8. The summed E-state index contributed by atoms with van der Waals surface area (Å²) in [5, 5.41) is 8.86. The average Bonchev–Trinajstić information content (AvgIpc) is 3.12. The van der Waals surface area contributed by atoms with Crippen LogP contribution in [-0.4, -0.2) is 41.8 Å². The highest BCUT2D eigenvalue weighted by Crippen LogP contribution is 2.32. The number of hydrogen-bond acceptors (Lipinski definition) is 6. The van der Waals surface area contributed by atoms with E-state index in [2.05, 4.69) is 23.5 Å². The summed E-state index contributed by atoms with van der Waals surface area (Å²) in [5.74, 6) is 0.843. The number of aliphatic hydroxyl groups is 1. The number of ether oxygens (including phenoxy) is 2. The van der Waals surface area contributed by atoms with Crippen molar-refractivity contribution < 1.29 is 19.4 Å². The van der Waals surface area contributed by atoms with E-state index in [1.54, 1.807) is 6.08 Å². The van der Waals surface area contributed by atoms with Crippen LogP contribution in [0, 0.1) is 6.92 Å². The third kappa shape index (κ3) is 5.55. The van der Waals surface area contributed by atoms with E-state index in [1.165, 1.54) is 0 Å². The molecule has 3 rings (SSSR count). The number of nitrogens with zero attached hydrogens (tertiary/aromatic N) is 1. The van der Waals surface area contributed by atoms with Crippen molar-refractivity contribution in [3.63, 3.8) is 0 Å². The van der Waals surface area contributed by atoms with E-state index in [4.69, 9.17) is 19.6 Å². The van der Waals surface area contributed by atoms with Gasteiger partial charge < -0.3 is 14.6 Å². The number of nitrogens with one attached hydrogen (secondary N) is 2. The summed E-state index contributed by atoms with van der Waals surface area (Å²) in [5.41, 5.74) is 7.69. The molecule has 0 saturated carbocycles. The summed E-state index contributed by atoms with van der Waals surface area (Å²) in [6.45, 7) is 8.72. The molecule has 1 aliphatic heterocycles. The largest absolute Gasteiger partial charge is 0.494 e. The molecule has 2 aromatic rings. The Morgan fingerprint density at radius 1 is 1.31 bits per heavy atom. The maximum atomic E-state index is 13.2. The molecule has 2 aromatic carbocycles. The standard InChI is InChI=1S/C25H31N3O4/c1-4-13-25(24(30)28-26-17-20-8-5-7-18(2)16-20)19(3)32-23(27-25)21-9-11-22(12-10-21)31-15-6-14-29/h4-5,7-12,16,19,26,29H,1,6,13-15,17H2,2-3H3,(H,28,30)/t19-,25-/m0/s1. The molecule has 2 atom stereocenters. The van der Waals surface area contributed by atoms with Crippen LogP contribution in [0.25, 0.3) is 0 Å². The van der Waals surface area contributed by atoms with Gasteiger partial charge in [0.15, 0.2) is 5.54 Å². The van der Waals surface area contributed by atoms with Crippen LogP contribution in [0.4, 0.5) is 0 Å². The summed E-state index contributed by atoms with van der Waals surface area (Å²) >= 11 is 0. The zero-order chi connectivity index (χ0) is 23.0. The zero-order valence-corrected chi connectivity index (χ0v) is 18.6. The summed E-state index contributed by atoms with van der Waals surface area (Å²) in [7, 11) is 0. The van der Waals surface area contributed by atoms with E-state index in [0.29, 0.717) is 37.6 Å². The predicted molar refractivity (Wildman–Crippen MR) is 124 cm³/mol. The Morgan fingerprint density at radius 3 is 2.78 bits per heavy atom. The van der Waals surface area contributed by atoms with Gasteiger partial charge in [0, 0.05) is 31.6 Å². The van der Waals surface area contributed by atoms with Gasteiger partial charge in [0.2, 0.25) is 5.90 Å². The molecule has 7 nitrogen and oxygen atoms in total. The number of rotatable bonds is 11. The molecule has 0 unspecified atom stereocenters. The van der Waals surface area contributed by atoms with E-state index in [-0.39, 0.29) is 12.5 Å². The van der Waals surface area contributed by atoms with Gasteiger partial charge >= 0.3 is 0 Å². The lowest BCUT2D eigenvalue weighted by Crippen LogP contribution is -2.54. The second-order valence-corrected chi connectivity index (χ2v) is 7.84. The van der Waals surface area contributed by atoms with Gasteiger partial charge in [0.25, 0.3) is 5.91 Å². The number of benzene rings is 2. The lowest BCUT2D eigenvalue weighted by atomic mass is 9.90. The second kappa shape index (κ2) is 10.9. The fraction of sp³-hybridized carbons (Fsp3) is 0.360. The quantitative estimate of drug-likeness (QED) is 0.286. The Balaban J connectivity index is 1.70. The van der Waals surface area contributed by atoms with Gasteiger partial charge in [0.05, 0.1) is 6.61 Å². The van der Waals surface area contributed by atoms with Crippen molar-refractivity contribution in [3.05, 3.63) is 77.9 Å². The minimum absolute atomic E-state index is 0.0912. The van der Waals surface area contributed by atoms with Crippen LogP contribution in [0.1, 0.15) is 36.5 Å². The molecular formula is C25H31N3O4. The third-order valence-electron chi connectivity index (χ3n) is 5.36. The van der Waals surface area contributed by atoms with E-state index in [9.17, 15) is 4.79 Å². The fourth-order valence-electron chi connectivity index (χ4n) is 3.56. The molecule has 0 radical (unpaired) electrons. The molecule has 0 bridgehead atoms. The topological polar surface area (TPSA) is 92.2 Å². The number of carbonyl (C=O) groups is 1. The minimum Gasteiger partial charge on any atom is -0.494 e.